The van der Waals surface area contributed by atoms with Gasteiger partial charge in [0.15, 0.2) is 4.80 Å². The Morgan fingerprint density at radius 2 is 2.10 bits per heavy atom. The minimum atomic E-state index is -0.617. The molecule has 0 amide bonds. The van der Waals surface area contributed by atoms with Crippen molar-refractivity contribution >= 4 is 34.7 Å². The fourth-order valence-electron chi connectivity index (χ4n) is 3.22. The number of hydrogen-bond donors (Lipinski definition) is 0. The van der Waals surface area contributed by atoms with Crippen LogP contribution in [-0.4, -0.2) is 17.1 Å². The van der Waals surface area contributed by atoms with Crippen LogP contribution in [-0.2, 0) is 9.53 Å². The first-order valence-electron chi connectivity index (χ1n) is 9.09. The highest BCUT2D eigenvalue weighted by Gasteiger charge is 2.33. The average molecular weight is 441 g/mol. The number of benzene rings is 1. The number of ether oxygens (including phenoxy) is 1. The summed E-state index contributed by atoms with van der Waals surface area (Å²) < 4.78 is 20.5. The maximum absolute atomic E-state index is 13.3. The lowest BCUT2D eigenvalue weighted by Gasteiger charge is -2.23. The molecule has 1 aromatic carbocycles. The lowest BCUT2D eigenvalue weighted by atomic mass is 10.0. The van der Waals surface area contributed by atoms with E-state index >= 15 is 0 Å². The lowest BCUT2D eigenvalue weighted by Crippen LogP contribution is -2.39. The predicted molar refractivity (Wildman–Crippen MR) is 116 cm³/mol. The van der Waals surface area contributed by atoms with Gasteiger partial charge in [0, 0.05) is 4.88 Å². The summed E-state index contributed by atoms with van der Waals surface area (Å²) in [5, 5.41) is 1.89. The highest BCUT2D eigenvalue weighted by Crippen LogP contribution is 2.33. The maximum atomic E-state index is 13.3. The molecule has 0 saturated carbocycles. The van der Waals surface area contributed by atoms with Crippen LogP contribution in [0, 0.1) is 5.82 Å². The Bertz CT molecular complexity index is 1320. The van der Waals surface area contributed by atoms with Gasteiger partial charge < -0.3 is 4.74 Å². The number of thiophene rings is 1. The van der Waals surface area contributed by atoms with Crippen LogP contribution in [0.3, 0.4) is 0 Å². The Morgan fingerprint density at radius 1 is 1.33 bits per heavy atom. The molecule has 1 aliphatic rings. The average Bonchev–Trinajstić information content (AvgIpc) is 3.36. The summed E-state index contributed by atoms with van der Waals surface area (Å²) in [6, 6.07) is 9.03. The first-order chi connectivity index (χ1) is 14.5. The first-order valence-corrected chi connectivity index (χ1v) is 10.8. The minimum Gasteiger partial charge on any atom is -0.458 e. The fourth-order valence-corrected chi connectivity index (χ4v) is 5.09. The fraction of sp³-hybridized carbons (Fsp3) is 0.136. The van der Waals surface area contributed by atoms with E-state index in [-0.39, 0.29) is 18.0 Å². The summed E-state index contributed by atoms with van der Waals surface area (Å²) in [6.45, 7) is 5.38. The molecule has 2 aromatic heterocycles. The van der Waals surface area contributed by atoms with E-state index in [4.69, 9.17) is 4.74 Å². The number of carbonyl (C=O) groups excluding carboxylic acids is 1. The summed E-state index contributed by atoms with van der Waals surface area (Å²) >= 11 is 2.69. The number of thiazole rings is 1. The van der Waals surface area contributed by atoms with Gasteiger partial charge in [0.1, 0.15) is 18.5 Å². The predicted octanol–water partition coefficient (Wildman–Crippen LogP) is 3.17. The van der Waals surface area contributed by atoms with Crippen molar-refractivity contribution in [2.24, 2.45) is 4.99 Å². The molecule has 5 nitrogen and oxygen atoms in total. The van der Waals surface area contributed by atoms with E-state index in [0.29, 0.717) is 26.2 Å². The molecule has 0 N–H and O–H groups in total. The molecule has 0 aliphatic carbocycles. The van der Waals surface area contributed by atoms with Crippen molar-refractivity contribution in [2.75, 3.05) is 6.61 Å². The van der Waals surface area contributed by atoms with Gasteiger partial charge in [-0.05, 0) is 42.1 Å². The molecule has 1 atom stereocenters. The molecule has 0 unspecified atom stereocenters. The largest absolute Gasteiger partial charge is 0.458 e. The van der Waals surface area contributed by atoms with Crippen molar-refractivity contribution in [2.45, 2.75) is 13.0 Å². The van der Waals surface area contributed by atoms with Gasteiger partial charge in [-0.1, -0.05) is 42.2 Å². The molecule has 152 valence electrons. The van der Waals surface area contributed by atoms with Crippen LogP contribution in [0.25, 0.3) is 6.08 Å². The van der Waals surface area contributed by atoms with Crippen LogP contribution in [0.2, 0.25) is 0 Å². The van der Waals surface area contributed by atoms with Gasteiger partial charge in [-0.2, -0.15) is 0 Å². The van der Waals surface area contributed by atoms with Crippen LogP contribution in [0.1, 0.15) is 23.4 Å². The number of nitrogens with zero attached hydrogens (tertiary/aromatic N) is 2. The topological polar surface area (TPSA) is 60.7 Å². The van der Waals surface area contributed by atoms with Crippen molar-refractivity contribution in [3.05, 3.63) is 102 Å². The van der Waals surface area contributed by atoms with E-state index < -0.39 is 12.0 Å². The lowest BCUT2D eigenvalue weighted by molar-refractivity contribution is -0.138. The molecule has 30 heavy (non-hydrogen) atoms. The standard InChI is InChI=1S/C22H17FN2O3S2/c1-3-10-28-21(27)18-13(2)24-22-25(19(18)16-5-4-11-29-16)20(26)17(30-22)12-14-6-8-15(23)9-7-14/h3-9,11-12,19H,1,10H2,2H3/b17-12-/t19-/m0/s1. The number of halogens is 1. The summed E-state index contributed by atoms with van der Waals surface area (Å²) in [5.41, 5.74) is 1.29. The van der Waals surface area contributed by atoms with E-state index in [1.807, 2.05) is 17.5 Å². The maximum Gasteiger partial charge on any atom is 0.338 e. The first kappa shape index (κ1) is 20.2. The monoisotopic (exact) mass is 440 g/mol. The third-order valence-corrected chi connectivity index (χ3v) is 6.46. The molecule has 3 heterocycles. The van der Waals surface area contributed by atoms with Gasteiger partial charge in [-0.3, -0.25) is 9.36 Å². The van der Waals surface area contributed by atoms with Crippen LogP contribution in [0.4, 0.5) is 4.39 Å². The van der Waals surface area contributed by atoms with Crippen molar-refractivity contribution in [3.63, 3.8) is 0 Å². The van der Waals surface area contributed by atoms with Crippen molar-refractivity contribution in [1.29, 1.82) is 0 Å². The van der Waals surface area contributed by atoms with Gasteiger partial charge in [0.2, 0.25) is 0 Å². The van der Waals surface area contributed by atoms with Crippen molar-refractivity contribution in [1.82, 2.24) is 4.57 Å². The molecule has 0 bridgehead atoms. The summed E-state index contributed by atoms with van der Waals surface area (Å²) in [4.78, 5) is 31.9. The SMILES string of the molecule is C=CCOC(=O)C1=C(C)N=c2s/c(=C\c3ccc(F)cc3)c(=O)n2[C@H]1c1cccs1. The van der Waals surface area contributed by atoms with Gasteiger partial charge in [-0.25, -0.2) is 14.2 Å². The van der Waals surface area contributed by atoms with Crippen LogP contribution < -0.4 is 14.9 Å². The quantitative estimate of drug-likeness (QED) is 0.452. The third-order valence-electron chi connectivity index (χ3n) is 4.55. The molecule has 3 aromatic rings. The van der Waals surface area contributed by atoms with Gasteiger partial charge in [-0.15, -0.1) is 11.3 Å². The third kappa shape index (κ3) is 3.71. The summed E-state index contributed by atoms with van der Waals surface area (Å²) in [5.74, 6) is -0.869. The molecular weight excluding hydrogens is 423 g/mol. The Morgan fingerprint density at radius 3 is 2.77 bits per heavy atom. The van der Waals surface area contributed by atoms with Gasteiger partial charge in [0.05, 0.1) is 15.8 Å². The summed E-state index contributed by atoms with van der Waals surface area (Å²) in [6.07, 6.45) is 3.19. The molecule has 0 radical (unpaired) electrons. The molecular formula is C22H17FN2O3S2. The zero-order chi connectivity index (χ0) is 21.3. The zero-order valence-corrected chi connectivity index (χ0v) is 17.6. The molecule has 1 aliphatic heterocycles. The van der Waals surface area contributed by atoms with Crippen molar-refractivity contribution < 1.29 is 13.9 Å². The van der Waals surface area contributed by atoms with Gasteiger partial charge >= 0.3 is 5.97 Å². The normalized spacial score (nSPS) is 16.2. The van der Waals surface area contributed by atoms with E-state index in [1.165, 1.54) is 45.4 Å². The highest BCUT2D eigenvalue weighted by atomic mass is 32.1. The minimum absolute atomic E-state index is 0.0712. The molecule has 0 saturated heterocycles. The van der Waals surface area contributed by atoms with E-state index in [9.17, 15) is 14.0 Å². The van der Waals surface area contributed by atoms with Gasteiger partial charge in [0.25, 0.3) is 5.56 Å². The second-order valence-electron chi connectivity index (χ2n) is 6.54. The summed E-state index contributed by atoms with van der Waals surface area (Å²) in [7, 11) is 0. The second-order valence-corrected chi connectivity index (χ2v) is 8.52. The Hall–Kier alpha value is -3.10. The van der Waals surface area contributed by atoms with Crippen LogP contribution in [0.5, 0.6) is 0 Å². The van der Waals surface area contributed by atoms with E-state index in [2.05, 4.69) is 11.6 Å². The van der Waals surface area contributed by atoms with E-state index in [1.54, 1.807) is 25.1 Å². The Labute approximate surface area is 179 Å². The zero-order valence-electron chi connectivity index (χ0n) is 16.0. The van der Waals surface area contributed by atoms with Crippen LogP contribution in [0.15, 0.2) is 75.5 Å². The highest BCUT2D eigenvalue weighted by molar-refractivity contribution is 7.10. The van der Waals surface area contributed by atoms with Crippen molar-refractivity contribution in [3.8, 4) is 0 Å². The Kier molecular flexibility index (Phi) is 5.61. The molecule has 4 rings (SSSR count). The number of aromatic nitrogens is 1. The number of rotatable bonds is 5. The molecule has 0 spiro atoms. The number of fused-ring (bicyclic) bond motifs is 1. The number of esters is 1. The Balaban J connectivity index is 1.90. The van der Waals surface area contributed by atoms with Crippen LogP contribution >= 0.6 is 22.7 Å². The number of hydrogen-bond acceptors (Lipinski definition) is 6. The van der Waals surface area contributed by atoms with E-state index in [0.717, 1.165) is 4.88 Å². The second kappa shape index (κ2) is 8.33. The molecule has 8 heteroatoms. The number of carbonyl (C=O) groups is 1. The molecule has 0 fully saturated rings. The smallest absolute Gasteiger partial charge is 0.338 e. The number of allylic oxidation sites excluding steroid dienone is 1.